The van der Waals surface area contributed by atoms with Crippen LogP contribution in [0.1, 0.15) is 18.2 Å². The van der Waals surface area contributed by atoms with Gasteiger partial charge in [-0.25, -0.2) is 9.36 Å². The SMILES string of the molecule is Cc1cn([C@H]2C[C@@H](O)C(COP(=O)(O)O)O2)c(=O)[nH]c1=O. The van der Waals surface area contributed by atoms with Crippen LogP contribution in [0.4, 0.5) is 0 Å². The molecule has 3 atom stereocenters. The van der Waals surface area contributed by atoms with Crippen LogP contribution < -0.4 is 11.2 Å². The second-order valence-electron chi connectivity index (χ2n) is 4.70. The number of phosphoric ester groups is 1. The zero-order valence-electron chi connectivity index (χ0n) is 11.0. The molecular formula is C10H15N2O8P. The molecule has 21 heavy (non-hydrogen) atoms. The molecule has 0 amide bonds. The molecule has 1 unspecified atom stereocenters. The molecule has 10 nitrogen and oxygen atoms in total. The summed E-state index contributed by atoms with van der Waals surface area (Å²) >= 11 is 0. The van der Waals surface area contributed by atoms with Crippen molar-refractivity contribution in [3.8, 4) is 0 Å². The zero-order valence-corrected chi connectivity index (χ0v) is 11.9. The Kier molecular flexibility index (Phi) is 4.47. The standard InChI is InChI=1S/C10H15N2O8P/c1-5-3-12(10(15)11-9(5)14)8-2-6(13)7(20-8)4-19-21(16,17)18/h3,6-8,13H,2,4H2,1H3,(H,11,14,15)(H2,16,17,18)/t6-,7?,8-/m1/s1. The summed E-state index contributed by atoms with van der Waals surface area (Å²) in [4.78, 5) is 42.3. The van der Waals surface area contributed by atoms with E-state index in [4.69, 9.17) is 14.5 Å². The van der Waals surface area contributed by atoms with Crippen molar-refractivity contribution in [3.05, 3.63) is 32.6 Å². The second kappa shape index (κ2) is 5.84. The Balaban J connectivity index is 2.14. The van der Waals surface area contributed by atoms with Crippen molar-refractivity contribution in [2.24, 2.45) is 0 Å². The molecule has 1 aromatic rings. The van der Waals surface area contributed by atoms with E-state index in [2.05, 4.69) is 9.51 Å². The Bertz CT molecular complexity index is 676. The minimum Gasteiger partial charge on any atom is -0.390 e. The van der Waals surface area contributed by atoms with Crippen LogP contribution in [0.25, 0.3) is 0 Å². The third-order valence-corrected chi connectivity index (χ3v) is 3.55. The lowest BCUT2D eigenvalue weighted by atomic mass is 10.2. The quantitative estimate of drug-likeness (QED) is 0.494. The fourth-order valence-corrected chi connectivity index (χ4v) is 2.35. The first-order valence-corrected chi connectivity index (χ1v) is 7.56. The number of rotatable bonds is 4. The number of ether oxygens (including phenoxy) is 1. The number of aryl methyl sites for hydroxylation is 1. The summed E-state index contributed by atoms with van der Waals surface area (Å²) in [6, 6.07) is 0. The first kappa shape index (κ1) is 16.1. The molecule has 0 spiro atoms. The highest BCUT2D eigenvalue weighted by Gasteiger charge is 2.37. The van der Waals surface area contributed by atoms with Gasteiger partial charge in [0, 0.05) is 18.2 Å². The predicted octanol–water partition coefficient (Wildman–Crippen LogP) is -1.40. The molecular weight excluding hydrogens is 307 g/mol. The molecule has 0 aliphatic carbocycles. The second-order valence-corrected chi connectivity index (χ2v) is 5.94. The number of hydrogen-bond donors (Lipinski definition) is 4. The van der Waals surface area contributed by atoms with E-state index in [-0.39, 0.29) is 6.42 Å². The van der Waals surface area contributed by atoms with Crippen LogP contribution in [0.2, 0.25) is 0 Å². The van der Waals surface area contributed by atoms with Gasteiger partial charge in [-0.1, -0.05) is 0 Å². The lowest BCUT2D eigenvalue weighted by Gasteiger charge is -2.16. The molecule has 2 rings (SSSR count). The monoisotopic (exact) mass is 322 g/mol. The number of hydrogen-bond acceptors (Lipinski definition) is 6. The van der Waals surface area contributed by atoms with Crippen LogP contribution in [0.3, 0.4) is 0 Å². The van der Waals surface area contributed by atoms with Crippen molar-refractivity contribution in [3.63, 3.8) is 0 Å². The fraction of sp³-hybridized carbons (Fsp3) is 0.600. The smallest absolute Gasteiger partial charge is 0.390 e. The maximum atomic E-state index is 11.7. The number of aliphatic hydroxyl groups excluding tert-OH is 1. The van der Waals surface area contributed by atoms with Crippen molar-refractivity contribution in [2.45, 2.75) is 31.8 Å². The number of aromatic nitrogens is 2. The Morgan fingerprint density at radius 2 is 2.19 bits per heavy atom. The van der Waals surface area contributed by atoms with Gasteiger partial charge in [-0.3, -0.25) is 18.9 Å². The van der Waals surface area contributed by atoms with Gasteiger partial charge in [0.15, 0.2) is 0 Å². The van der Waals surface area contributed by atoms with Gasteiger partial charge in [0.25, 0.3) is 5.56 Å². The van der Waals surface area contributed by atoms with E-state index >= 15 is 0 Å². The molecule has 2 heterocycles. The number of phosphoric acid groups is 1. The van der Waals surface area contributed by atoms with E-state index in [0.29, 0.717) is 5.56 Å². The van der Waals surface area contributed by atoms with Crippen molar-refractivity contribution >= 4 is 7.82 Å². The highest BCUT2D eigenvalue weighted by Crippen LogP contribution is 2.38. The Hall–Kier alpha value is -1.29. The molecule has 1 aromatic heterocycles. The van der Waals surface area contributed by atoms with Gasteiger partial charge in [-0.2, -0.15) is 0 Å². The summed E-state index contributed by atoms with van der Waals surface area (Å²) < 4.78 is 21.4. The van der Waals surface area contributed by atoms with Crippen molar-refractivity contribution in [1.29, 1.82) is 0 Å². The van der Waals surface area contributed by atoms with Crippen LogP contribution in [0.5, 0.6) is 0 Å². The van der Waals surface area contributed by atoms with Gasteiger partial charge in [-0.05, 0) is 6.92 Å². The Morgan fingerprint density at radius 1 is 1.52 bits per heavy atom. The molecule has 118 valence electrons. The molecule has 1 aliphatic rings. The van der Waals surface area contributed by atoms with E-state index in [9.17, 15) is 19.3 Å². The molecule has 0 aromatic carbocycles. The van der Waals surface area contributed by atoms with Gasteiger partial charge in [0.2, 0.25) is 0 Å². The first-order chi connectivity index (χ1) is 9.67. The lowest BCUT2D eigenvalue weighted by molar-refractivity contribution is -0.0451. The van der Waals surface area contributed by atoms with Crippen molar-refractivity contribution < 1.29 is 28.7 Å². The topological polar surface area (TPSA) is 151 Å². The van der Waals surface area contributed by atoms with Crippen molar-refractivity contribution in [1.82, 2.24) is 9.55 Å². The lowest BCUT2D eigenvalue weighted by Crippen LogP contribution is -2.33. The van der Waals surface area contributed by atoms with Gasteiger partial charge in [0.05, 0.1) is 12.7 Å². The minimum absolute atomic E-state index is 0.0283. The number of nitrogens with one attached hydrogen (secondary N) is 1. The number of H-pyrrole nitrogens is 1. The van der Waals surface area contributed by atoms with E-state index in [1.807, 2.05) is 0 Å². The molecule has 1 saturated heterocycles. The normalized spacial score (nSPS) is 26.2. The summed E-state index contributed by atoms with van der Waals surface area (Å²) in [6.45, 7) is 0.994. The van der Waals surface area contributed by atoms with Crippen LogP contribution in [0, 0.1) is 6.92 Å². The van der Waals surface area contributed by atoms with Gasteiger partial charge < -0.3 is 19.6 Å². The maximum Gasteiger partial charge on any atom is 0.469 e. The van der Waals surface area contributed by atoms with Crippen LogP contribution in [-0.4, -0.2) is 43.3 Å². The third-order valence-electron chi connectivity index (χ3n) is 3.07. The number of aliphatic hydroxyl groups is 1. The summed E-state index contributed by atoms with van der Waals surface area (Å²) in [5, 5.41) is 9.79. The molecule has 11 heteroatoms. The van der Waals surface area contributed by atoms with E-state index in [1.165, 1.54) is 13.1 Å². The molecule has 0 radical (unpaired) electrons. The van der Waals surface area contributed by atoms with Gasteiger partial charge in [0.1, 0.15) is 12.3 Å². The summed E-state index contributed by atoms with van der Waals surface area (Å²) in [5.41, 5.74) is -0.918. The van der Waals surface area contributed by atoms with E-state index in [0.717, 1.165) is 4.57 Å². The molecule has 4 N–H and O–H groups in total. The molecule has 1 aliphatic heterocycles. The van der Waals surface area contributed by atoms with Crippen LogP contribution in [0.15, 0.2) is 15.8 Å². The third kappa shape index (κ3) is 3.88. The van der Waals surface area contributed by atoms with E-state index < -0.39 is 44.1 Å². The summed E-state index contributed by atoms with van der Waals surface area (Å²) in [7, 11) is -4.67. The summed E-state index contributed by atoms with van der Waals surface area (Å²) in [5.74, 6) is 0. The number of nitrogens with zero attached hydrogens (tertiary/aromatic N) is 1. The van der Waals surface area contributed by atoms with E-state index in [1.54, 1.807) is 0 Å². The predicted molar refractivity (Wildman–Crippen MR) is 68.6 cm³/mol. The van der Waals surface area contributed by atoms with Crippen molar-refractivity contribution in [2.75, 3.05) is 6.61 Å². The molecule has 0 saturated carbocycles. The largest absolute Gasteiger partial charge is 0.469 e. The maximum absolute atomic E-state index is 11.7. The van der Waals surface area contributed by atoms with Crippen LogP contribution >= 0.6 is 7.82 Å². The van der Waals surface area contributed by atoms with Crippen LogP contribution in [-0.2, 0) is 13.8 Å². The Labute approximate surface area is 118 Å². The molecule has 0 bridgehead atoms. The Morgan fingerprint density at radius 3 is 2.81 bits per heavy atom. The summed E-state index contributed by atoms with van der Waals surface area (Å²) in [6.07, 6.45) is -1.57. The highest BCUT2D eigenvalue weighted by atomic mass is 31.2. The number of aromatic amines is 1. The zero-order chi connectivity index (χ0) is 15.8. The highest BCUT2D eigenvalue weighted by molar-refractivity contribution is 7.46. The molecule has 1 fully saturated rings. The minimum atomic E-state index is -4.67. The van der Waals surface area contributed by atoms with Gasteiger partial charge >= 0.3 is 13.5 Å². The average molecular weight is 322 g/mol. The average Bonchev–Trinajstić information content (AvgIpc) is 2.72. The first-order valence-electron chi connectivity index (χ1n) is 6.03. The fourth-order valence-electron chi connectivity index (χ4n) is 2.01. The van der Waals surface area contributed by atoms with Gasteiger partial charge in [-0.15, -0.1) is 0 Å².